The third-order valence-electron chi connectivity index (χ3n) is 1.62. The van der Waals surface area contributed by atoms with Gasteiger partial charge in [-0.25, -0.2) is 0 Å². The molecule has 0 saturated carbocycles. The zero-order valence-electron chi connectivity index (χ0n) is 7.66. The van der Waals surface area contributed by atoms with Crippen LogP contribution in [-0.4, -0.2) is 23.9 Å². The molecular formula is C9H6F4O3. The van der Waals surface area contributed by atoms with Crippen molar-refractivity contribution in [1.82, 2.24) is 0 Å². The zero-order chi connectivity index (χ0) is 12.3. The van der Waals surface area contributed by atoms with E-state index in [1.165, 1.54) is 0 Å². The standard InChI is InChI=1S/C9H6F4O3/c10-8(11)9(12,13)16-7-3-5(4-14)1-2-6(7)15/h1-4,8,15H. The van der Waals surface area contributed by atoms with Crippen LogP contribution in [0.4, 0.5) is 17.6 Å². The summed E-state index contributed by atoms with van der Waals surface area (Å²) in [7, 11) is 0. The smallest absolute Gasteiger partial charge is 0.461 e. The molecule has 88 valence electrons. The molecule has 7 heteroatoms. The average molecular weight is 238 g/mol. The summed E-state index contributed by atoms with van der Waals surface area (Å²) < 4.78 is 52.2. The number of carbonyl (C=O) groups excluding carboxylic acids is 1. The van der Waals surface area contributed by atoms with E-state index in [1.54, 1.807) is 0 Å². The molecule has 0 fully saturated rings. The predicted molar refractivity (Wildman–Crippen MR) is 45.1 cm³/mol. The molecule has 0 heterocycles. The zero-order valence-corrected chi connectivity index (χ0v) is 7.66. The Bertz CT molecular complexity index is 392. The lowest BCUT2D eigenvalue weighted by Crippen LogP contribution is -2.33. The topological polar surface area (TPSA) is 46.5 Å². The molecular weight excluding hydrogens is 232 g/mol. The minimum Gasteiger partial charge on any atom is -0.504 e. The van der Waals surface area contributed by atoms with Crippen LogP contribution in [-0.2, 0) is 0 Å². The van der Waals surface area contributed by atoms with Crippen molar-refractivity contribution in [3.63, 3.8) is 0 Å². The Labute approximate surface area is 87.3 Å². The lowest BCUT2D eigenvalue weighted by atomic mass is 10.2. The van der Waals surface area contributed by atoms with Gasteiger partial charge in [0.15, 0.2) is 11.5 Å². The van der Waals surface area contributed by atoms with Crippen molar-refractivity contribution in [2.45, 2.75) is 12.5 Å². The minimum absolute atomic E-state index is 0.0853. The summed E-state index contributed by atoms with van der Waals surface area (Å²) in [5, 5.41) is 9.06. The first-order chi connectivity index (χ1) is 7.36. The minimum atomic E-state index is -4.72. The summed E-state index contributed by atoms with van der Waals surface area (Å²) in [6.07, 6.45) is -8.46. The molecule has 1 N–H and O–H groups in total. The van der Waals surface area contributed by atoms with Gasteiger partial charge < -0.3 is 9.84 Å². The van der Waals surface area contributed by atoms with E-state index in [0.717, 1.165) is 18.2 Å². The third kappa shape index (κ3) is 2.62. The predicted octanol–water partition coefficient (Wildman–Crippen LogP) is 2.44. The van der Waals surface area contributed by atoms with E-state index in [9.17, 15) is 22.4 Å². The van der Waals surface area contributed by atoms with Crippen LogP contribution in [0.3, 0.4) is 0 Å². The van der Waals surface area contributed by atoms with Crippen molar-refractivity contribution < 1.29 is 32.2 Å². The Morgan fingerprint density at radius 1 is 1.38 bits per heavy atom. The summed E-state index contributed by atoms with van der Waals surface area (Å²) in [5.74, 6) is -1.64. The van der Waals surface area contributed by atoms with Gasteiger partial charge in [-0.05, 0) is 18.2 Å². The molecule has 0 spiro atoms. The summed E-state index contributed by atoms with van der Waals surface area (Å²) in [6.45, 7) is 0. The molecule has 0 aromatic heterocycles. The second-order valence-electron chi connectivity index (χ2n) is 2.81. The molecule has 16 heavy (non-hydrogen) atoms. The highest BCUT2D eigenvalue weighted by Gasteiger charge is 2.44. The molecule has 0 aliphatic heterocycles. The molecule has 0 saturated heterocycles. The van der Waals surface area contributed by atoms with E-state index in [0.29, 0.717) is 6.29 Å². The molecule has 0 unspecified atom stereocenters. The van der Waals surface area contributed by atoms with E-state index in [4.69, 9.17) is 5.11 Å². The number of aldehydes is 1. The normalized spacial score (nSPS) is 11.6. The van der Waals surface area contributed by atoms with Crippen molar-refractivity contribution in [2.75, 3.05) is 0 Å². The van der Waals surface area contributed by atoms with Gasteiger partial charge in [0.25, 0.3) is 0 Å². The molecule has 1 rings (SSSR count). The van der Waals surface area contributed by atoms with Crippen LogP contribution < -0.4 is 4.74 Å². The van der Waals surface area contributed by atoms with Crippen LogP contribution >= 0.6 is 0 Å². The van der Waals surface area contributed by atoms with Crippen molar-refractivity contribution in [3.8, 4) is 11.5 Å². The maximum Gasteiger partial charge on any atom is 0.461 e. The quantitative estimate of drug-likeness (QED) is 0.647. The van der Waals surface area contributed by atoms with E-state index in [2.05, 4.69) is 4.74 Å². The lowest BCUT2D eigenvalue weighted by molar-refractivity contribution is -0.253. The van der Waals surface area contributed by atoms with Crippen molar-refractivity contribution in [3.05, 3.63) is 23.8 Å². The molecule has 0 radical (unpaired) electrons. The van der Waals surface area contributed by atoms with Crippen molar-refractivity contribution >= 4 is 6.29 Å². The number of phenolic OH excluding ortho intramolecular Hbond substituents is 1. The van der Waals surface area contributed by atoms with Gasteiger partial charge in [-0.2, -0.15) is 17.6 Å². The Morgan fingerprint density at radius 2 is 2.00 bits per heavy atom. The summed E-state index contributed by atoms with van der Waals surface area (Å²) in [4.78, 5) is 10.3. The van der Waals surface area contributed by atoms with Gasteiger partial charge in [0, 0.05) is 5.56 Å². The fourth-order valence-corrected chi connectivity index (χ4v) is 0.877. The number of carbonyl (C=O) groups is 1. The van der Waals surface area contributed by atoms with E-state index in [1.807, 2.05) is 0 Å². The molecule has 0 bridgehead atoms. The van der Waals surface area contributed by atoms with Crippen LogP contribution in [0.25, 0.3) is 0 Å². The number of benzene rings is 1. The fourth-order valence-electron chi connectivity index (χ4n) is 0.877. The van der Waals surface area contributed by atoms with Gasteiger partial charge in [-0.15, -0.1) is 0 Å². The lowest BCUT2D eigenvalue weighted by Gasteiger charge is -2.17. The maximum atomic E-state index is 12.5. The first kappa shape index (κ1) is 12.3. The summed E-state index contributed by atoms with van der Waals surface area (Å²) in [5.41, 5.74) is -0.0853. The molecule has 1 aromatic rings. The highest BCUT2D eigenvalue weighted by Crippen LogP contribution is 2.33. The average Bonchev–Trinajstić information content (AvgIpc) is 2.21. The number of hydrogen-bond donors (Lipinski definition) is 1. The van der Waals surface area contributed by atoms with Gasteiger partial charge in [-0.1, -0.05) is 0 Å². The molecule has 0 amide bonds. The molecule has 3 nitrogen and oxygen atoms in total. The van der Waals surface area contributed by atoms with Gasteiger partial charge in [0.05, 0.1) is 0 Å². The van der Waals surface area contributed by atoms with Gasteiger partial charge in [0.1, 0.15) is 6.29 Å². The molecule has 0 aliphatic rings. The molecule has 0 atom stereocenters. The van der Waals surface area contributed by atoms with Crippen LogP contribution in [0.5, 0.6) is 11.5 Å². The largest absolute Gasteiger partial charge is 0.504 e. The highest BCUT2D eigenvalue weighted by molar-refractivity contribution is 5.76. The Balaban J connectivity index is 3.00. The van der Waals surface area contributed by atoms with Gasteiger partial charge in [0.2, 0.25) is 0 Å². The number of ether oxygens (including phenoxy) is 1. The highest BCUT2D eigenvalue weighted by atomic mass is 19.3. The Morgan fingerprint density at radius 3 is 2.50 bits per heavy atom. The first-order valence-corrected chi connectivity index (χ1v) is 4.00. The number of phenols is 1. The Hall–Kier alpha value is -1.79. The number of rotatable bonds is 4. The monoisotopic (exact) mass is 238 g/mol. The third-order valence-corrected chi connectivity index (χ3v) is 1.62. The van der Waals surface area contributed by atoms with Crippen LogP contribution in [0.2, 0.25) is 0 Å². The number of alkyl halides is 4. The summed E-state index contributed by atoms with van der Waals surface area (Å²) in [6, 6.07) is 2.74. The van der Waals surface area contributed by atoms with E-state index in [-0.39, 0.29) is 5.56 Å². The second kappa shape index (κ2) is 4.38. The van der Waals surface area contributed by atoms with Crippen LogP contribution in [0, 0.1) is 0 Å². The maximum absolute atomic E-state index is 12.5. The summed E-state index contributed by atoms with van der Waals surface area (Å²) >= 11 is 0. The Kier molecular flexibility index (Phi) is 3.36. The molecule has 0 aliphatic carbocycles. The number of hydrogen-bond acceptors (Lipinski definition) is 3. The van der Waals surface area contributed by atoms with Gasteiger partial charge in [-0.3, -0.25) is 4.79 Å². The number of aromatic hydroxyl groups is 1. The molecule has 1 aromatic carbocycles. The van der Waals surface area contributed by atoms with Gasteiger partial charge >= 0.3 is 12.5 Å². The fraction of sp³-hybridized carbons (Fsp3) is 0.222. The van der Waals surface area contributed by atoms with Crippen molar-refractivity contribution in [1.29, 1.82) is 0 Å². The second-order valence-corrected chi connectivity index (χ2v) is 2.81. The SMILES string of the molecule is O=Cc1ccc(O)c(OC(F)(F)C(F)F)c1. The van der Waals surface area contributed by atoms with E-state index >= 15 is 0 Å². The first-order valence-electron chi connectivity index (χ1n) is 4.00. The van der Waals surface area contributed by atoms with Crippen LogP contribution in [0.15, 0.2) is 18.2 Å². The number of halogens is 4. The van der Waals surface area contributed by atoms with E-state index < -0.39 is 24.0 Å². The van der Waals surface area contributed by atoms with Crippen LogP contribution in [0.1, 0.15) is 10.4 Å². The van der Waals surface area contributed by atoms with Crippen molar-refractivity contribution in [2.24, 2.45) is 0 Å².